The fourth-order valence-corrected chi connectivity index (χ4v) is 4.36. The second-order valence-corrected chi connectivity index (χ2v) is 8.71. The number of rotatable bonds is 8. The fraction of sp³-hybridized carbons (Fsp3) is 0.259. The summed E-state index contributed by atoms with van der Waals surface area (Å²) in [4.78, 5) is 21.7. The van der Waals surface area contributed by atoms with Crippen LogP contribution in [0, 0.1) is 11.6 Å². The van der Waals surface area contributed by atoms with Gasteiger partial charge >= 0.3 is 0 Å². The molecule has 1 saturated heterocycles. The van der Waals surface area contributed by atoms with Gasteiger partial charge in [0.05, 0.1) is 17.3 Å². The van der Waals surface area contributed by atoms with Crippen LogP contribution in [0.2, 0.25) is 0 Å². The number of benzene rings is 2. The molecule has 186 valence electrons. The zero-order chi connectivity index (χ0) is 24.9. The van der Waals surface area contributed by atoms with Crippen molar-refractivity contribution in [3.8, 4) is 0 Å². The number of carbonyl (C=O) groups is 1. The molecule has 9 heteroatoms. The van der Waals surface area contributed by atoms with Crippen molar-refractivity contribution in [3.05, 3.63) is 84.3 Å². The molecule has 1 aliphatic heterocycles. The number of hydrogen-bond acceptors (Lipinski definition) is 6. The van der Waals surface area contributed by atoms with E-state index in [1.807, 2.05) is 12.1 Å². The lowest BCUT2D eigenvalue weighted by Gasteiger charge is -2.36. The summed E-state index contributed by atoms with van der Waals surface area (Å²) in [6, 6.07) is 16.2. The summed E-state index contributed by atoms with van der Waals surface area (Å²) in [7, 11) is 0. The zero-order valence-electron chi connectivity index (χ0n) is 19.7. The molecule has 1 fully saturated rings. The van der Waals surface area contributed by atoms with Crippen molar-refractivity contribution in [3.63, 3.8) is 0 Å². The standard InChI is InChI=1S/C27H27F2N5O2/c28-19-6-8-20(9-7-19)31-26-21-10-17-36-25(21)18-23(32-26)27(35)30-11-3-12-33-13-15-34(16-14-33)24-5-2-1-4-22(24)29/h1-2,4-10,17-18H,3,11-16H2,(H,30,35)(H,31,32). The van der Waals surface area contributed by atoms with Crippen molar-refractivity contribution < 1.29 is 18.0 Å². The first-order valence-electron chi connectivity index (χ1n) is 12.0. The van der Waals surface area contributed by atoms with Gasteiger partial charge < -0.3 is 20.0 Å². The molecule has 1 amide bonds. The van der Waals surface area contributed by atoms with Gasteiger partial charge in [-0.05, 0) is 55.4 Å². The van der Waals surface area contributed by atoms with Crippen LogP contribution in [0.4, 0.5) is 26.0 Å². The van der Waals surface area contributed by atoms with Crippen LogP contribution in [0.25, 0.3) is 11.0 Å². The summed E-state index contributed by atoms with van der Waals surface area (Å²) in [5, 5.41) is 6.79. The van der Waals surface area contributed by atoms with Gasteiger partial charge in [0.25, 0.3) is 5.91 Å². The van der Waals surface area contributed by atoms with Gasteiger partial charge in [-0.25, -0.2) is 13.8 Å². The van der Waals surface area contributed by atoms with E-state index in [9.17, 15) is 13.6 Å². The van der Waals surface area contributed by atoms with E-state index in [0.29, 0.717) is 29.3 Å². The molecule has 0 atom stereocenters. The van der Waals surface area contributed by atoms with E-state index >= 15 is 0 Å². The Morgan fingerprint density at radius 3 is 2.56 bits per heavy atom. The number of carbonyl (C=O) groups excluding carboxylic acids is 1. The van der Waals surface area contributed by atoms with Crippen molar-refractivity contribution in [2.45, 2.75) is 6.42 Å². The second-order valence-electron chi connectivity index (χ2n) is 8.71. The Balaban J connectivity index is 1.13. The molecular formula is C27H27F2N5O2. The number of nitrogens with zero attached hydrogens (tertiary/aromatic N) is 3. The van der Waals surface area contributed by atoms with Crippen molar-refractivity contribution in [2.75, 3.05) is 49.5 Å². The Labute approximate surface area is 207 Å². The molecular weight excluding hydrogens is 464 g/mol. The maximum absolute atomic E-state index is 14.0. The normalized spacial score (nSPS) is 14.2. The summed E-state index contributed by atoms with van der Waals surface area (Å²) < 4.78 is 32.8. The van der Waals surface area contributed by atoms with Crippen LogP contribution in [0.1, 0.15) is 16.9 Å². The number of halogens is 2. The second kappa shape index (κ2) is 10.7. The van der Waals surface area contributed by atoms with E-state index in [2.05, 4.69) is 25.4 Å². The van der Waals surface area contributed by atoms with E-state index in [0.717, 1.165) is 44.5 Å². The number of para-hydroxylation sites is 1. The molecule has 0 radical (unpaired) electrons. The maximum atomic E-state index is 14.0. The van der Waals surface area contributed by atoms with E-state index in [-0.39, 0.29) is 23.2 Å². The molecule has 5 rings (SSSR count). The summed E-state index contributed by atoms with van der Waals surface area (Å²) in [6.45, 7) is 4.57. The zero-order valence-corrected chi connectivity index (χ0v) is 19.7. The van der Waals surface area contributed by atoms with Crippen LogP contribution in [0.15, 0.2) is 71.3 Å². The van der Waals surface area contributed by atoms with Gasteiger partial charge in [-0.1, -0.05) is 12.1 Å². The third-order valence-corrected chi connectivity index (χ3v) is 6.29. The smallest absolute Gasteiger partial charge is 0.270 e. The number of amides is 1. The minimum Gasteiger partial charge on any atom is -0.464 e. The highest BCUT2D eigenvalue weighted by molar-refractivity contribution is 5.99. The van der Waals surface area contributed by atoms with Crippen molar-refractivity contribution in [1.82, 2.24) is 15.2 Å². The van der Waals surface area contributed by atoms with Gasteiger partial charge in [-0.3, -0.25) is 9.69 Å². The van der Waals surface area contributed by atoms with Crippen molar-refractivity contribution in [2.24, 2.45) is 0 Å². The van der Waals surface area contributed by atoms with Gasteiger partial charge in [0.1, 0.15) is 28.7 Å². The lowest BCUT2D eigenvalue weighted by atomic mass is 10.2. The molecule has 2 N–H and O–H groups in total. The fourth-order valence-electron chi connectivity index (χ4n) is 4.36. The van der Waals surface area contributed by atoms with Crippen LogP contribution in [-0.4, -0.2) is 55.1 Å². The topological polar surface area (TPSA) is 73.6 Å². The maximum Gasteiger partial charge on any atom is 0.270 e. The number of fused-ring (bicyclic) bond motifs is 1. The number of furan rings is 1. The molecule has 36 heavy (non-hydrogen) atoms. The Morgan fingerprint density at radius 2 is 1.78 bits per heavy atom. The summed E-state index contributed by atoms with van der Waals surface area (Å²) in [6.07, 6.45) is 2.32. The van der Waals surface area contributed by atoms with E-state index in [4.69, 9.17) is 4.42 Å². The molecule has 0 spiro atoms. The number of anilines is 3. The molecule has 7 nitrogen and oxygen atoms in total. The average Bonchev–Trinajstić information content (AvgIpc) is 3.38. The number of hydrogen-bond donors (Lipinski definition) is 2. The summed E-state index contributed by atoms with van der Waals surface area (Å²) in [5.74, 6) is -0.348. The third-order valence-electron chi connectivity index (χ3n) is 6.29. The van der Waals surface area contributed by atoms with E-state index in [1.54, 1.807) is 30.3 Å². The number of piperazine rings is 1. The van der Waals surface area contributed by atoms with Crippen LogP contribution >= 0.6 is 0 Å². The average molecular weight is 492 g/mol. The molecule has 2 aromatic heterocycles. The van der Waals surface area contributed by atoms with Gasteiger partial charge in [0.15, 0.2) is 0 Å². The highest BCUT2D eigenvalue weighted by Crippen LogP contribution is 2.27. The minimum atomic E-state index is -0.331. The largest absolute Gasteiger partial charge is 0.464 e. The van der Waals surface area contributed by atoms with Crippen molar-refractivity contribution in [1.29, 1.82) is 0 Å². The molecule has 0 aliphatic carbocycles. The Hall–Kier alpha value is -3.98. The number of nitrogens with one attached hydrogen (secondary N) is 2. The number of pyridine rings is 1. The summed E-state index contributed by atoms with van der Waals surface area (Å²) >= 11 is 0. The minimum absolute atomic E-state index is 0.189. The first kappa shape index (κ1) is 23.7. The Morgan fingerprint density at radius 1 is 1.00 bits per heavy atom. The van der Waals surface area contributed by atoms with Gasteiger partial charge in [-0.2, -0.15) is 0 Å². The predicted molar refractivity (Wildman–Crippen MR) is 136 cm³/mol. The Bertz CT molecular complexity index is 1330. The molecule has 0 saturated carbocycles. The molecule has 0 unspecified atom stereocenters. The lowest BCUT2D eigenvalue weighted by molar-refractivity contribution is 0.0946. The SMILES string of the molecule is O=C(NCCCN1CCN(c2ccccc2F)CC1)c1cc2occc2c(Nc2ccc(F)cc2)n1. The Kier molecular flexibility index (Phi) is 7.08. The highest BCUT2D eigenvalue weighted by atomic mass is 19.1. The monoisotopic (exact) mass is 491 g/mol. The van der Waals surface area contributed by atoms with E-state index in [1.165, 1.54) is 24.5 Å². The third kappa shape index (κ3) is 5.46. The van der Waals surface area contributed by atoms with Gasteiger partial charge in [-0.15, -0.1) is 0 Å². The molecule has 2 aromatic carbocycles. The highest BCUT2D eigenvalue weighted by Gasteiger charge is 2.19. The van der Waals surface area contributed by atoms with Gasteiger partial charge in [0, 0.05) is 44.5 Å². The predicted octanol–water partition coefficient (Wildman–Crippen LogP) is 4.79. The molecule has 1 aliphatic rings. The first-order valence-corrected chi connectivity index (χ1v) is 12.0. The van der Waals surface area contributed by atoms with Crippen LogP contribution in [0.3, 0.4) is 0 Å². The van der Waals surface area contributed by atoms with Crippen molar-refractivity contribution >= 4 is 34.1 Å². The van der Waals surface area contributed by atoms with E-state index < -0.39 is 0 Å². The van der Waals surface area contributed by atoms with Gasteiger partial charge in [0.2, 0.25) is 0 Å². The van der Waals surface area contributed by atoms with Crippen LogP contribution in [0.5, 0.6) is 0 Å². The van der Waals surface area contributed by atoms with Crippen LogP contribution in [-0.2, 0) is 0 Å². The number of aromatic nitrogens is 1. The quantitative estimate of drug-likeness (QED) is 0.345. The molecule has 3 heterocycles. The lowest BCUT2D eigenvalue weighted by Crippen LogP contribution is -2.47. The molecule has 4 aromatic rings. The van der Waals surface area contributed by atoms with Crippen LogP contribution < -0.4 is 15.5 Å². The summed E-state index contributed by atoms with van der Waals surface area (Å²) in [5.41, 5.74) is 2.07. The first-order chi connectivity index (χ1) is 17.6. The molecule has 0 bridgehead atoms.